The van der Waals surface area contributed by atoms with Gasteiger partial charge in [-0.3, -0.25) is 4.79 Å². The van der Waals surface area contributed by atoms with Crippen LogP contribution in [-0.4, -0.2) is 47.6 Å². The Bertz CT molecular complexity index is 702. The van der Waals surface area contributed by atoms with Gasteiger partial charge in [0, 0.05) is 38.0 Å². The standard InChI is InChI=1S/C21H30O5Si/c1-4-24-27(25-5-2,26-6-3)15-9-14-23-17-21(22)20-13-12-18-10-7-8-11-19(18)16-20/h7-8,10-13,16H,4-6,9,14-15,17H2,1-3H3. The van der Waals surface area contributed by atoms with Crippen molar-refractivity contribution in [2.75, 3.05) is 33.0 Å². The van der Waals surface area contributed by atoms with Crippen molar-refractivity contribution in [1.29, 1.82) is 0 Å². The first-order valence-corrected chi connectivity index (χ1v) is 11.6. The Labute approximate surface area is 162 Å². The van der Waals surface area contributed by atoms with Crippen LogP contribution in [0, 0.1) is 0 Å². The molecule has 0 aliphatic rings. The molecule has 2 aromatic rings. The number of hydrogen-bond donors (Lipinski definition) is 0. The highest BCUT2D eigenvalue weighted by atomic mass is 28.4. The van der Waals surface area contributed by atoms with Gasteiger partial charge in [0.2, 0.25) is 0 Å². The van der Waals surface area contributed by atoms with Crippen LogP contribution in [0.2, 0.25) is 6.04 Å². The van der Waals surface area contributed by atoms with Crippen LogP contribution >= 0.6 is 0 Å². The van der Waals surface area contributed by atoms with Gasteiger partial charge in [0.05, 0.1) is 0 Å². The molecule has 0 atom stereocenters. The molecule has 0 heterocycles. The summed E-state index contributed by atoms with van der Waals surface area (Å²) in [4.78, 5) is 12.4. The molecule has 0 bridgehead atoms. The van der Waals surface area contributed by atoms with E-state index in [1.807, 2.05) is 63.2 Å². The molecular formula is C21H30O5Si. The second-order valence-electron chi connectivity index (χ2n) is 6.12. The molecular weight excluding hydrogens is 360 g/mol. The Morgan fingerprint density at radius 1 is 0.889 bits per heavy atom. The van der Waals surface area contributed by atoms with Crippen LogP contribution in [0.1, 0.15) is 37.6 Å². The van der Waals surface area contributed by atoms with Gasteiger partial charge in [-0.05, 0) is 44.0 Å². The predicted molar refractivity (Wildman–Crippen MR) is 109 cm³/mol. The lowest BCUT2D eigenvalue weighted by molar-refractivity contribution is 0.0636. The van der Waals surface area contributed by atoms with Gasteiger partial charge in [0.15, 0.2) is 5.78 Å². The minimum atomic E-state index is -2.63. The molecule has 0 aliphatic carbocycles. The van der Waals surface area contributed by atoms with Crippen molar-refractivity contribution in [2.24, 2.45) is 0 Å². The van der Waals surface area contributed by atoms with Gasteiger partial charge < -0.3 is 18.0 Å². The van der Waals surface area contributed by atoms with Crippen LogP contribution < -0.4 is 0 Å². The van der Waals surface area contributed by atoms with E-state index in [9.17, 15) is 4.79 Å². The fourth-order valence-electron chi connectivity index (χ4n) is 3.00. The summed E-state index contributed by atoms with van der Waals surface area (Å²) >= 11 is 0. The van der Waals surface area contributed by atoms with Gasteiger partial charge in [-0.2, -0.15) is 0 Å². The molecule has 148 valence electrons. The van der Waals surface area contributed by atoms with E-state index in [1.54, 1.807) is 0 Å². The van der Waals surface area contributed by atoms with Crippen molar-refractivity contribution in [3.05, 3.63) is 48.0 Å². The first-order chi connectivity index (χ1) is 13.1. The van der Waals surface area contributed by atoms with Crippen LogP contribution in [0.5, 0.6) is 0 Å². The highest BCUT2D eigenvalue weighted by molar-refractivity contribution is 6.60. The quantitative estimate of drug-likeness (QED) is 0.287. The molecule has 0 spiro atoms. The summed E-state index contributed by atoms with van der Waals surface area (Å²) in [5.41, 5.74) is 0.676. The number of fused-ring (bicyclic) bond motifs is 1. The molecule has 6 heteroatoms. The summed E-state index contributed by atoms with van der Waals surface area (Å²) in [7, 11) is -2.63. The number of ketones is 1. The maximum Gasteiger partial charge on any atom is 0.501 e. The van der Waals surface area contributed by atoms with Gasteiger partial charge >= 0.3 is 8.80 Å². The molecule has 0 radical (unpaired) electrons. The van der Waals surface area contributed by atoms with Crippen LogP contribution in [0.3, 0.4) is 0 Å². The van der Waals surface area contributed by atoms with Crippen molar-refractivity contribution >= 4 is 25.4 Å². The second kappa shape index (κ2) is 11.3. The van der Waals surface area contributed by atoms with E-state index in [1.165, 1.54) is 0 Å². The average molecular weight is 391 g/mol. The van der Waals surface area contributed by atoms with E-state index in [0.717, 1.165) is 17.2 Å². The third-order valence-electron chi connectivity index (χ3n) is 4.17. The molecule has 2 rings (SSSR count). The molecule has 0 N–H and O–H groups in total. The Kier molecular flexibility index (Phi) is 9.10. The monoisotopic (exact) mass is 390 g/mol. The smallest absolute Gasteiger partial charge is 0.374 e. The molecule has 0 unspecified atom stereocenters. The summed E-state index contributed by atoms with van der Waals surface area (Å²) in [6, 6.07) is 14.4. The normalized spacial score (nSPS) is 11.8. The average Bonchev–Trinajstić information content (AvgIpc) is 2.68. The lowest BCUT2D eigenvalue weighted by Crippen LogP contribution is -2.46. The lowest BCUT2D eigenvalue weighted by Gasteiger charge is -2.28. The predicted octanol–water partition coefficient (Wildman–Crippen LogP) is 4.48. The Morgan fingerprint density at radius 2 is 1.52 bits per heavy atom. The summed E-state index contributed by atoms with van der Waals surface area (Å²) in [5, 5.41) is 2.18. The Morgan fingerprint density at radius 3 is 2.15 bits per heavy atom. The van der Waals surface area contributed by atoms with Gasteiger partial charge in [-0.1, -0.05) is 36.4 Å². The Balaban J connectivity index is 1.81. The molecule has 0 aromatic heterocycles. The largest absolute Gasteiger partial charge is 0.501 e. The number of carbonyl (C=O) groups excluding carboxylic acids is 1. The van der Waals surface area contributed by atoms with Crippen LogP contribution in [0.4, 0.5) is 0 Å². The van der Waals surface area contributed by atoms with Crippen molar-refractivity contribution in [3.8, 4) is 0 Å². The summed E-state index contributed by atoms with van der Waals surface area (Å²) < 4.78 is 23.1. The summed E-state index contributed by atoms with van der Waals surface area (Å²) in [5.74, 6) is -0.0105. The minimum absolute atomic E-state index is 0.0105. The van der Waals surface area contributed by atoms with Crippen molar-refractivity contribution in [1.82, 2.24) is 0 Å². The van der Waals surface area contributed by atoms with Crippen molar-refractivity contribution in [3.63, 3.8) is 0 Å². The summed E-state index contributed by atoms with van der Waals surface area (Å²) in [6.07, 6.45) is 0.733. The molecule has 0 aliphatic heterocycles. The molecule has 0 fully saturated rings. The first-order valence-electron chi connectivity index (χ1n) is 9.65. The van der Waals surface area contributed by atoms with Gasteiger partial charge in [-0.25, -0.2) is 0 Å². The maximum absolute atomic E-state index is 12.4. The minimum Gasteiger partial charge on any atom is -0.374 e. The zero-order valence-corrected chi connectivity index (χ0v) is 17.5. The van der Waals surface area contributed by atoms with E-state index in [0.29, 0.717) is 38.0 Å². The van der Waals surface area contributed by atoms with Crippen LogP contribution in [0.15, 0.2) is 42.5 Å². The highest BCUT2D eigenvalue weighted by Gasteiger charge is 2.39. The van der Waals surface area contributed by atoms with Gasteiger partial charge in [0.1, 0.15) is 6.61 Å². The number of carbonyl (C=O) groups is 1. The highest BCUT2D eigenvalue weighted by Crippen LogP contribution is 2.19. The fourth-order valence-corrected chi connectivity index (χ4v) is 5.58. The third-order valence-corrected chi connectivity index (χ3v) is 7.32. The molecule has 27 heavy (non-hydrogen) atoms. The van der Waals surface area contributed by atoms with E-state index in [2.05, 4.69) is 0 Å². The molecule has 2 aromatic carbocycles. The number of benzene rings is 2. The number of Topliss-reactive ketones (excluding diaryl/α,β-unsaturated/α-hetero) is 1. The first kappa shape index (κ1) is 21.7. The van der Waals surface area contributed by atoms with E-state index in [4.69, 9.17) is 18.0 Å². The van der Waals surface area contributed by atoms with Gasteiger partial charge in [-0.15, -0.1) is 0 Å². The molecule has 0 saturated carbocycles. The molecule has 5 nitrogen and oxygen atoms in total. The number of hydrogen-bond acceptors (Lipinski definition) is 5. The van der Waals surface area contributed by atoms with Crippen molar-refractivity contribution in [2.45, 2.75) is 33.2 Å². The SMILES string of the molecule is CCO[Si](CCCOCC(=O)c1ccc2ccccc2c1)(OCC)OCC. The molecule has 0 saturated heterocycles. The van der Waals surface area contributed by atoms with Crippen LogP contribution in [-0.2, 0) is 18.0 Å². The van der Waals surface area contributed by atoms with E-state index in [-0.39, 0.29) is 12.4 Å². The topological polar surface area (TPSA) is 54.0 Å². The van der Waals surface area contributed by atoms with Crippen molar-refractivity contribution < 1.29 is 22.8 Å². The van der Waals surface area contributed by atoms with E-state index >= 15 is 0 Å². The zero-order valence-electron chi connectivity index (χ0n) is 16.5. The zero-order chi connectivity index (χ0) is 19.5. The van der Waals surface area contributed by atoms with E-state index < -0.39 is 8.80 Å². The maximum atomic E-state index is 12.4. The second-order valence-corrected chi connectivity index (χ2v) is 8.86. The van der Waals surface area contributed by atoms with Crippen LogP contribution in [0.25, 0.3) is 10.8 Å². The molecule has 0 amide bonds. The third kappa shape index (κ3) is 6.51. The Hall–Kier alpha value is -1.57. The lowest BCUT2D eigenvalue weighted by atomic mass is 10.0. The van der Waals surface area contributed by atoms with Gasteiger partial charge in [0.25, 0.3) is 0 Å². The number of rotatable bonds is 13. The number of ether oxygens (including phenoxy) is 1. The fraction of sp³-hybridized carbons (Fsp3) is 0.476. The summed E-state index contributed by atoms with van der Waals surface area (Å²) in [6.45, 7) is 8.07.